The Labute approximate surface area is 151 Å². The van der Waals surface area contributed by atoms with Gasteiger partial charge in [0, 0.05) is 42.4 Å². The molecule has 4 rings (SSSR count). The first kappa shape index (κ1) is 16.5. The molecule has 2 atom stereocenters. The molecule has 25 heavy (non-hydrogen) atoms. The van der Waals surface area contributed by atoms with E-state index in [-0.39, 0.29) is 5.91 Å². The number of aromatic nitrogens is 1. The van der Waals surface area contributed by atoms with Crippen molar-refractivity contribution < 1.29 is 4.79 Å². The molecular weight excluding hydrogens is 334 g/mol. The summed E-state index contributed by atoms with van der Waals surface area (Å²) in [5.41, 5.74) is 8.27. The molecule has 2 unspecified atom stereocenters. The maximum atomic E-state index is 12.2. The van der Waals surface area contributed by atoms with Crippen LogP contribution in [0.5, 0.6) is 0 Å². The van der Waals surface area contributed by atoms with Crippen LogP contribution in [0.1, 0.15) is 40.7 Å². The molecule has 2 aliphatic rings. The number of hydrogen-bond acceptors (Lipinski definition) is 6. The normalized spacial score (nSPS) is 22.8. The first-order chi connectivity index (χ1) is 12.2. The predicted molar refractivity (Wildman–Crippen MR) is 99.7 cm³/mol. The SMILES string of the molecule is CN(CC1CC(c2cccs2)NN1)c1ccnc(C(=O)NC2CC2)c1. The van der Waals surface area contributed by atoms with Crippen molar-refractivity contribution in [2.45, 2.75) is 37.4 Å². The molecule has 2 aromatic rings. The molecule has 0 aromatic carbocycles. The van der Waals surface area contributed by atoms with Gasteiger partial charge in [-0.05, 0) is 42.8 Å². The Balaban J connectivity index is 1.36. The molecule has 6 nitrogen and oxygen atoms in total. The van der Waals surface area contributed by atoms with Gasteiger partial charge in [-0.2, -0.15) is 0 Å². The third-order valence-corrected chi connectivity index (χ3v) is 5.68. The van der Waals surface area contributed by atoms with E-state index in [2.05, 4.69) is 50.6 Å². The van der Waals surface area contributed by atoms with Crippen molar-refractivity contribution >= 4 is 22.9 Å². The summed E-state index contributed by atoms with van der Waals surface area (Å²) in [4.78, 5) is 19.9. The van der Waals surface area contributed by atoms with Crippen molar-refractivity contribution in [3.63, 3.8) is 0 Å². The summed E-state index contributed by atoms with van der Waals surface area (Å²) in [6.07, 6.45) is 4.92. The average molecular weight is 357 g/mol. The summed E-state index contributed by atoms with van der Waals surface area (Å²) in [5.74, 6) is -0.0730. The van der Waals surface area contributed by atoms with Gasteiger partial charge in [-0.3, -0.25) is 15.2 Å². The second-order valence-corrected chi connectivity index (χ2v) is 7.80. The molecule has 3 heterocycles. The maximum absolute atomic E-state index is 12.2. The second-order valence-electron chi connectivity index (χ2n) is 6.82. The number of amides is 1. The van der Waals surface area contributed by atoms with Crippen molar-refractivity contribution in [1.82, 2.24) is 21.2 Å². The number of pyridine rings is 1. The van der Waals surface area contributed by atoms with Gasteiger partial charge >= 0.3 is 0 Å². The summed E-state index contributed by atoms with van der Waals surface area (Å²) in [6.45, 7) is 0.864. The number of carbonyl (C=O) groups is 1. The zero-order chi connectivity index (χ0) is 17.2. The van der Waals surface area contributed by atoms with Gasteiger partial charge in [0.2, 0.25) is 0 Å². The molecule has 1 aliphatic heterocycles. The molecule has 1 saturated heterocycles. The Hall–Kier alpha value is -1.96. The van der Waals surface area contributed by atoms with Crippen LogP contribution in [0.25, 0.3) is 0 Å². The van der Waals surface area contributed by atoms with E-state index in [1.165, 1.54) is 4.88 Å². The van der Waals surface area contributed by atoms with Crippen LogP contribution in [0.3, 0.4) is 0 Å². The molecule has 0 radical (unpaired) electrons. The van der Waals surface area contributed by atoms with E-state index in [0.717, 1.165) is 31.5 Å². The van der Waals surface area contributed by atoms with Crippen molar-refractivity contribution in [3.05, 3.63) is 46.4 Å². The van der Waals surface area contributed by atoms with E-state index in [4.69, 9.17) is 0 Å². The van der Waals surface area contributed by atoms with E-state index in [1.807, 2.05) is 12.1 Å². The largest absolute Gasteiger partial charge is 0.373 e. The number of anilines is 1. The number of hydrazine groups is 1. The molecule has 1 aliphatic carbocycles. The van der Waals surface area contributed by atoms with Crippen LogP contribution in [0, 0.1) is 0 Å². The minimum atomic E-state index is -0.0730. The van der Waals surface area contributed by atoms with Crippen molar-refractivity contribution in [2.24, 2.45) is 0 Å². The molecule has 3 N–H and O–H groups in total. The first-order valence-electron chi connectivity index (χ1n) is 8.71. The minimum absolute atomic E-state index is 0.0730. The summed E-state index contributed by atoms with van der Waals surface area (Å²) >= 11 is 1.78. The number of rotatable bonds is 6. The lowest BCUT2D eigenvalue weighted by Crippen LogP contribution is -2.39. The van der Waals surface area contributed by atoms with Gasteiger partial charge < -0.3 is 10.2 Å². The van der Waals surface area contributed by atoms with Crippen molar-refractivity contribution in [3.8, 4) is 0 Å². The minimum Gasteiger partial charge on any atom is -0.373 e. The van der Waals surface area contributed by atoms with E-state index >= 15 is 0 Å². The summed E-state index contributed by atoms with van der Waals surface area (Å²) < 4.78 is 0. The standard InChI is InChI=1S/C18H23N5OS/c1-23(11-13-9-15(22-21-13)17-3-2-8-25-17)14-6-7-19-16(10-14)18(24)20-12-4-5-12/h2-3,6-8,10,12-13,15,21-22H,4-5,9,11H2,1H3,(H,20,24). The lowest BCUT2D eigenvalue weighted by molar-refractivity contribution is 0.0946. The second kappa shape index (κ2) is 7.11. The first-order valence-corrected chi connectivity index (χ1v) is 9.59. The Morgan fingerprint density at radius 1 is 1.40 bits per heavy atom. The van der Waals surface area contributed by atoms with E-state index in [0.29, 0.717) is 23.8 Å². The number of hydrogen-bond donors (Lipinski definition) is 3. The molecule has 0 spiro atoms. The highest BCUT2D eigenvalue weighted by atomic mass is 32.1. The molecular formula is C18H23N5OS. The van der Waals surface area contributed by atoms with Crippen LogP contribution in [0.15, 0.2) is 35.8 Å². The quantitative estimate of drug-likeness (QED) is 0.738. The highest BCUT2D eigenvalue weighted by Gasteiger charge is 2.27. The number of nitrogens with zero attached hydrogens (tertiary/aromatic N) is 2. The number of nitrogens with one attached hydrogen (secondary N) is 3. The number of carbonyl (C=O) groups excluding carboxylic acids is 1. The van der Waals surface area contributed by atoms with Crippen LogP contribution >= 0.6 is 11.3 Å². The fraction of sp³-hybridized carbons (Fsp3) is 0.444. The van der Waals surface area contributed by atoms with Gasteiger partial charge in [0.15, 0.2) is 0 Å². The fourth-order valence-electron chi connectivity index (χ4n) is 3.12. The Bertz CT molecular complexity index is 731. The summed E-state index contributed by atoms with van der Waals surface area (Å²) in [7, 11) is 2.05. The topological polar surface area (TPSA) is 69.3 Å². The lowest BCUT2D eigenvalue weighted by Gasteiger charge is -2.23. The zero-order valence-corrected chi connectivity index (χ0v) is 15.1. The predicted octanol–water partition coefficient (Wildman–Crippen LogP) is 2.08. The van der Waals surface area contributed by atoms with Crippen LogP contribution in [0.4, 0.5) is 5.69 Å². The summed E-state index contributed by atoms with van der Waals surface area (Å²) in [5, 5.41) is 5.10. The molecule has 2 fully saturated rings. The Morgan fingerprint density at radius 2 is 2.28 bits per heavy atom. The Kier molecular flexibility index (Phi) is 4.70. The molecule has 7 heteroatoms. The average Bonchev–Trinajstić information content (AvgIpc) is 3.10. The Morgan fingerprint density at radius 3 is 3.04 bits per heavy atom. The molecule has 0 bridgehead atoms. The van der Waals surface area contributed by atoms with Gasteiger partial charge in [-0.1, -0.05) is 6.07 Å². The molecule has 2 aromatic heterocycles. The summed E-state index contributed by atoms with van der Waals surface area (Å²) in [6, 6.07) is 9.16. The molecule has 1 amide bonds. The van der Waals surface area contributed by atoms with Crippen LogP contribution in [0.2, 0.25) is 0 Å². The maximum Gasteiger partial charge on any atom is 0.270 e. The van der Waals surface area contributed by atoms with Gasteiger partial charge in [0.05, 0.1) is 6.04 Å². The highest BCUT2D eigenvalue weighted by Crippen LogP contribution is 2.27. The van der Waals surface area contributed by atoms with E-state index in [9.17, 15) is 4.79 Å². The van der Waals surface area contributed by atoms with Gasteiger partial charge in [-0.15, -0.1) is 11.3 Å². The lowest BCUT2D eigenvalue weighted by atomic mass is 10.1. The molecule has 132 valence electrons. The fourth-order valence-corrected chi connectivity index (χ4v) is 3.91. The highest BCUT2D eigenvalue weighted by molar-refractivity contribution is 7.10. The number of likely N-dealkylation sites (N-methyl/N-ethyl adjacent to an activating group) is 1. The van der Waals surface area contributed by atoms with E-state index in [1.54, 1.807) is 17.5 Å². The van der Waals surface area contributed by atoms with Gasteiger partial charge in [0.1, 0.15) is 5.69 Å². The van der Waals surface area contributed by atoms with Crippen LogP contribution in [-0.2, 0) is 0 Å². The van der Waals surface area contributed by atoms with Crippen LogP contribution in [-0.4, -0.2) is 36.6 Å². The van der Waals surface area contributed by atoms with Crippen molar-refractivity contribution in [2.75, 3.05) is 18.5 Å². The van der Waals surface area contributed by atoms with E-state index < -0.39 is 0 Å². The van der Waals surface area contributed by atoms with Crippen molar-refractivity contribution in [1.29, 1.82) is 0 Å². The van der Waals surface area contributed by atoms with Gasteiger partial charge in [-0.25, -0.2) is 5.43 Å². The monoisotopic (exact) mass is 357 g/mol. The third kappa shape index (κ3) is 4.00. The zero-order valence-electron chi connectivity index (χ0n) is 14.2. The third-order valence-electron chi connectivity index (χ3n) is 4.69. The number of thiophene rings is 1. The molecule has 1 saturated carbocycles. The smallest absolute Gasteiger partial charge is 0.270 e. The van der Waals surface area contributed by atoms with Crippen LogP contribution < -0.4 is 21.1 Å². The van der Waals surface area contributed by atoms with Gasteiger partial charge in [0.25, 0.3) is 5.91 Å².